The maximum atomic E-state index is 12.0. The zero-order chi connectivity index (χ0) is 19.9. The number of ether oxygens (including phenoxy) is 1. The molecule has 158 valence electrons. The van der Waals surface area contributed by atoms with Crippen LogP contribution >= 0.6 is 0 Å². The molecule has 0 spiro atoms. The first-order valence-electron chi connectivity index (χ1n) is 10.7. The average Bonchev–Trinajstić information content (AvgIpc) is 3.16. The van der Waals surface area contributed by atoms with Crippen LogP contribution in [0.25, 0.3) is 0 Å². The van der Waals surface area contributed by atoms with Crippen molar-refractivity contribution >= 4 is 5.91 Å². The van der Waals surface area contributed by atoms with Crippen LogP contribution in [0.3, 0.4) is 0 Å². The van der Waals surface area contributed by atoms with Gasteiger partial charge in [0.05, 0.1) is 31.0 Å². The molecule has 3 rings (SSSR count). The molecule has 2 fully saturated rings. The number of aromatic nitrogens is 3. The number of nitrogens with one attached hydrogen (secondary N) is 1. The summed E-state index contributed by atoms with van der Waals surface area (Å²) in [5.41, 5.74) is 1.13. The first-order valence-corrected chi connectivity index (χ1v) is 10.7. The number of aryl methyl sites for hydroxylation is 1. The molecule has 2 heterocycles. The van der Waals surface area contributed by atoms with Crippen molar-refractivity contribution in [3.8, 4) is 0 Å². The predicted octanol–water partition coefficient (Wildman–Crippen LogP) is 1.30. The Morgan fingerprint density at radius 3 is 2.79 bits per heavy atom. The summed E-state index contributed by atoms with van der Waals surface area (Å²) in [6, 6.07) is -0.127. The second kappa shape index (κ2) is 10.3. The molecule has 0 bridgehead atoms. The number of amides is 1. The minimum absolute atomic E-state index is 0.0339. The zero-order valence-corrected chi connectivity index (χ0v) is 17.2. The van der Waals surface area contributed by atoms with Gasteiger partial charge < -0.3 is 20.1 Å². The highest BCUT2D eigenvalue weighted by molar-refractivity contribution is 5.78. The third kappa shape index (κ3) is 5.99. The minimum Gasteiger partial charge on any atom is -0.394 e. The number of hydrogen-bond donors (Lipinski definition) is 2. The molecule has 8 nitrogen and oxygen atoms in total. The molecule has 1 saturated heterocycles. The summed E-state index contributed by atoms with van der Waals surface area (Å²) in [5, 5.41) is 21.4. The zero-order valence-electron chi connectivity index (χ0n) is 17.2. The maximum absolute atomic E-state index is 12.0. The van der Waals surface area contributed by atoms with E-state index in [4.69, 9.17) is 4.74 Å². The number of nitrogens with zero attached hydrogens (tertiary/aromatic N) is 4. The van der Waals surface area contributed by atoms with E-state index in [1.807, 2.05) is 23.7 Å². The van der Waals surface area contributed by atoms with Crippen LogP contribution in [0.1, 0.15) is 63.0 Å². The monoisotopic (exact) mass is 393 g/mol. The van der Waals surface area contributed by atoms with E-state index in [1.165, 1.54) is 32.1 Å². The smallest absolute Gasteiger partial charge is 0.234 e. The number of rotatable bonds is 8. The third-order valence-electron chi connectivity index (χ3n) is 5.86. The van der Waals surface area contributed by atoms with E-state index in [0.29, 0.717) is 12.5 Å². The summed E-state index contributed by atoms with van der Waals surface area (Å²) in [4.78, 5) is 13.8. The first-order chi connectivity index (χ1) is 13.5. The number of carbonyl (C=O) groups is 1. The van der Waals surface area contributed by atoms with Crippen molar-refractivity contribution in [3.63, 3.8) is 0 Å². The Morgan fingerprint density at radius 1 is 1.29 bits per heavy atom. The van der Waals surface area contributed by atoms with Gasteiger partial charge in [0.25, 0.3) is 0 Å². The van der Waals surface area contributed by atoms with E-state index in [0.717, 1.165) is 31.5 Å². The van der Waals surface area contributed by atoms with Crippen LogP contribution in [-0.4, -0.2) is 76.4 Å². The molecule has 0 aromatic carbocycles. The van der Waals surface area contributed by atoms with Crippen molar-refractivity contribution in [2.75, 3.05) is 27.2 Å². The van der Waals surface area contributed by atoms with Gasteiger partial charge in [-0.05, 0) is 46.2 Å². The molecule has 1 amide bonds. The van der Waals surface area contributed by atoms with Crippen molar-refractivity contribution in [2.45, 2.75) is 82.1 Å². The number of carbonyl (C=O) groups excluding carboxylic acids is 1. The molecule has 3 atom stereocenters. The van der Waals surface area contributed by atoms with E-state index in [1.54, 1.807) is 0 Å². The minimum atomic E-state index is -0.349. The summed E-state index contributed by atoms with van der Waals surface area (Å²) < 4.78 is 7.98. The van der Waals surface area contributed by atoms with Crippen molar-refractivity contribution in [2.24, 2.45) is 0 Å². The summed E-state index contributed by atoms with van der Waals surface area (Å²) in [6.07, 6.45) is 10.7. The Labute approximate surface area is 167 Å². The SMILES string of the molecule is CN(C)CC(=O)N[C@@H]1CC[C@@H](CCn2cc(C3CCCCC3)nn2)O[C@@H]1CO. The van der Waals surface area contributed by atoms with E-state index < -0.39 is 0 Å². The van der Waals surface area contributed by atoms with E-state index in [2.05, 4.69) is 21.8 Å². The third-order valence-corrected chi connectivity index (χ3v) is 5.86. The van der Waals surface area contributed by atoms with Crippen LogP contribution in [-0.2, 0) is 16.1 Å². The standard InChI is InChI=1S/C20H35N5O3/c1-24(2)13-20(27)21-17-9-8-16(28-19(17)14-26)10-11-25-12-18(22-23-25)15-6-4-3-5-7-15/h12,15-17,19,26H,3-11,13-14H2,1-2H3,(H,21,27)/t16-,17+,19+/m0/s1. The van der Waals surface area contributed by atoms with Gasteiger partial charge >= 0.3 is 0 Å². The van der Waals surface area contributed by atoms with Crippen molar-refractivity contribution in [1.82, 2.24) is 25.2 Å². The fourth-order valence-corrected chi connectivity index (χ4v) is 4.33. The van der Waals surface area contributed by atoms with E-state index >= 15 is 0 Å². The molecule has 2 aliphatic rings. The lowest BCUT2D eigenvalue weighted by Gasteiger charge is -2.36. The molecule has 8 heteroatoms. The maximum Gasteiger partial charge on any atom is 0.234 e. The Balaban J connectivity index is 1.44. The second-order valence-electron chi connectivity index (χ2n) is 8.50. The van der Waals surface area contributed by atoms with Gasteiger partial charge in [0.15, 0.2) is 0 Å². The highest BCUT2D eigenvalue weighted by atomic mass is 16.5. The van der Waals surface area contributed by atoms with Crippen molar-refractivity contribution in [1.29, 1.82) is 0 Å². The molecule has 1 saturated carbocycles. The number of aliphatic hydroxyl groups is 1. The lowest BCUT2D eigenvalue weighted by atomic mass is 9.87. The Morgan fingerprint density at radius 2 is 2.07 bits per heavy atom. The molecule has 1 aromatic heterocycles. The normalized spacial score (nSPS) is 26.5. The highest BCUT2D eigenvalue weighted by Crippen LogP contribution is 2.31. The Hall–Kier alpha value is -1.51. The van der Waals surface area contributed by atoms with Crippen LogP contribution in [0.2, 0.25) is 0 Å². The molecule has 1 aromatic rings. The fourth-order valence-electron chi connectivity index (χ4n) is 4.33. The second-order valence-corrected chi connectivity index (χ2v) is 8.50. The number of likely N-dealkylation sites (N-methyl/N-ethyl adjacent to an activating group) is 1. The quantitative estimate of drug-likeness (QED) is 0.692. The molecule has 0 radical (unpaired) electrons. The largest absolute Gasteiger partial charge is 0.394 e. The van der Waals surface area contributed by atoms with E-state index in [9.17, 15) is 9.90 Å². The van der Waals surface area contributed by atoms with Gasteiger partial charge in [-0.1, -0.05) is 24.5 Å². The van der Waals surface area contributed by atoms with Gasteiger partial charge in [-0.2, -0.15) is 0 Å². The van der Waals surface area contributed by atoms with E-state index in [-0.39, 0.29) is 30.8 Å². The fraction of sp³-hybridized carbons (Fsp3) is 0.850. The molecule has 1 aliphatic carbocycles. The lowest BCUT2D eigenvalue weighted by molar-refractivity contribution is -0.129. The van der Waals surface area contributed by atoms with Crippen LogP contribution in [0.5, 0.6) is 0 Å². The Bertz CT molecular complexity index is 615. The summed E-state index contributed by atoms with van der Waals surface area (Å²) >= 11 is 0. The average molecular weight is 394 g/mol. The summed E-state index contributed by atoms with van der Waals surface area (Å²) in [5.74, 6) is 0.534. The predicted molar refractivity (Wildman–Crippen MR) is 106 cm³/mol. The van der Waals surface area contributed by atoms with Crippen molar-refractivity contribution < 1.29 is 14.6 Å². The van der Waals surface area contributed by atoms with Crippen LogP contribution in [0.15, 0.2) is 6.20 Å². The number of hydrogen-bond acceptors (Lipinski definition) is 6. The summed E-state index contributed by atoms with van der Waals surface area (Å²) in [6.45, 7) is 1.02. The molecular formula is C20H35N5O3. The highest BCUT2D eigenvalue weighted by Gasteiger charge is 2.31. The van der Waals surface area contributed by atoms with Crippen LogP contribution in [0.4, 0.5) is 0 Å². The van der Waals surface area contributed by atoms with Crippen molar-refractivity contribution in [3.05, 3.63) is 11.9 Å². The van der Waals surface area contributed by atoms with Crippen LogP contribution in [0, 0.1) is 0 Å². The first kappa shape index (κ1) is 21.2. The van der Waals surface area contributed by atoms with Gasteiger partial charge in [-0.25, -0.2) is 0 Å². The van der Waals surface area contributed by atoms with Gasteiger partial charge in [0.2, 0.25) is 5.91 Å². The van der Waals surface area contributed by atoms with Crippen LogP contribution < -0.4 is 5.32 Å². The molecule has 1 aliphatic heterocycles. The number of aliphatic hydroxyl groups excluding tert-OH is 1. The van der Waals surface area contributed by atoms with Gasteiger partial charge in [0.1, 0.15) is 6.10 Å². The van der Waals surface area contributed by atoms with Gasteiger partial charge in [-0.15, -0.1) is 5.10 Å². The molecular weight excluding hydrogens is 358 g/mol. The van der Waals surface area contributed by atoms with Gasteiger partial charge in [0, 0.05) is 18.7 Å². The summed E-state index contributed by atoms with van der Waals surface area (Å²) in [7, 11) is 3.72. The lowest BCUT2D eigenvalue weighted by Crippen LogP contribution is -2.52. The topological polar surface area (TPSA) is 92.5 Å². The Kier molecular flexibility index (Phi) is 7.82. The molecule has 2 N–H and O–H groups in total. The van der Waals surface area contributed by atoms with Gasteiger partial charge in [-0.3, -0.25) is 9.48 Å². The molecule has 0 unspecified atom stereocenters. The molecule has 28 heavy (non-hydrogen) atoms.